The molecular formula is C33H31NO4. The Morgan fingerprint density at radius 1 is 0.658 bits per heavy atom. The molecule has 2 amide bonds. The van der Waals surface area contributed by atoms with E-state index in [4.69, 9.17) is 4.74 Å². The number of nitrogens with zero attached hydrogens (tertiary/aromatic N) is 1. The first-order valence-electron chi connectivity index (χ1n) is 13.5. The van der Waals surface area contributed by atoms with Crippen molar-refractivity contribution in [2.75, 3.05) is 11.5 Å². The number of carbonyl (C=O) groups excluding carboxylic acids is 3. The van der Waals surface area contributed by atoms with E-state index in [0.29, 0.717) is 30.9 Å². The number of rotatable bonds is 7. The van der Waals surface area contributed by atoms with Gasteiger partial charge >= 0.3 is 0 Å². The van der Waals surface area contributed by atoms with Crippen LogP contribution in [0.5, 0.6) is 5.75 Å². The molecule has 38 heavy (non-hydrogen) atoms. The zero-order valence-electron chi connectivity index (χ0n) is 21.9. The normalized spacial score (nSPS) is 27.9. The predicted molar refractivity (Wildman–Crippen MR) is 147 cm³/mol. The van der Waals surface area contributed by atoms with E-state index in [2.05, 4.69) is 0 Å². The fourth-order valence-electron chi connectivity index (χ4n) is 7.57. The van der Waals surface area contributed by atoms with Crippen molar-refractivity contribution in [3.05, 3.63) is 96.1 Å². The highest BCUT2D eigenvalue weighted by atomic mass is 16.5. The number of benzene rings is 3. The van der Waals surface area contributed by atoms with Crippen LogP contribution in [0.3, 0.4) is 0 Å². The second-order valence-corrected chi connectivity index (χ2v) is 10.4. The molecular weight excluding hydrogens is 474 g/mol. The molecule has 0 radical (unpaired) electrons. The van der Waals surface area contributed by atoms with E-state index in [0.717, 1.165) is 22.3 Å². The number of allylic oxidation sites excluding steroid dienone is 2. The molecule has 4 atom stereocenters. The van der Waals surface area contributed by atoms with Gasteiger partial charge in [-0.3, -0.25) is 14.4 Å². The second kappa shape index (κ2) is 8.80. The molecule has 192 valence electrons. The molecule has 5 nitrogen and oxygen atoms in total. The zero-order chi connectivity index (χ0) is 26.7. The number of anilines is 1. The summed E-state index contributed by atoms with van der Waals surface area (Å²) in [5, 5.41) is 0. The smallest absolute Gasteiger partial charge is 0.239 e. The highest BCUT2D eigenvalue weighted by molar-refractivity contribution is 6.34. The standard InChI is InChI=1S/C33H31NO4/c1-4-32-25(21-13-9-7-10-14-21)26(22-15-11-8-12-16-22)33(5-2,31(32)37)28-27(32)29(35)34(30(28)36)23-17-19-24(20-18-23)38-6-3/h7-20,27-28H,4-6H2,1-3H3/t27-,28+,32-,33-/m0/s1. The summed E-state index contributed by atoms with van der Waals surface area (Å²) >= 11 is 0. The quantitative estimate of drug-likeness (QED) is 0.359. The van der Waals surface area contributed by atoms with Crippen molar-refractivity contribution < 1.29 is 19.1 Å². The summed E-state index contributed by atoms with van der Waals surface area (Å²) in [5.41, 5.74) is 2.08. The van der Waals surface area contributed by atoms with Crippen molar-refractivity contribution in [3.63, 3.8) is 0 Å². The molecule has 3 aromatic rings. The molecule has 1 saturated heterocycles. The number of fused-ring (bicyclic) bond motifs is 5. The molecule has 1 heterocycles. The van der Waals surface area contributed by atoms with Crippen LogP contribution in [-0.2, 0) is 14.4 Å². The van der Waals surface area contributed by atoms with Gasteiger partial charge in [-0.25, -0.2) is 4.90 Å². The molecule has 0 unspecified atom stereocenters. The van der Waals surface area contributed by atoms with Crippen LogP contribution >= 0.6 is 0 Å². The number of hydrogen-bond acceptors (Lipinski definition) is 4. The van der Waals surface area contributed by atoms with Gasteiger partial charge in [-0.1, -0.05) is 74.5 Å². The number of Topliss-reactive ketones (excluding diaryl/α,β-unsaturated/α-hetero) is 1. The van der Waals surface area contributed by atoms with Gasteiger partial charge in [0.15, 0.2) is 5.78 Å². The zero-order valence-corrected chi connectivity index (χ0v) is 21.9. The summed E-state index contributed by atoms with van der Waals surface area (Å²) in [6.45, 7) is 6.40. The van der Waals surface area contributed by atoms with E-state index >= 15 is 0 Å². The van der Waals surface area contributed by atoms with Crippen LogP contribution in [0.15, 0.2) is 84.9 Å². The van der Waals surface area contributed by atoms with Gasteiger partial charge in [-0.2, -0.15) is 0 Å². The van der Waals surface area contributed by atoms with Gasteiger partial charge in [-0.05, 0) is 66.3 Å². The molecule has 0 spiro atoms. The SMILES string of the molecule is CCOc1ccc(N2C(=O)[C@@H]3[C@H](C2=O)[C@@]2(CC)C(=O)[C@@]3(CC)C(c3ccccc3)=C2c2ccccc2)cc1. The van der Waals surface area contributed by atoms with Crippen LogP contribution in [0.2, 0.25) is 0 Å². The van der Waals surface area contributed by atoms with Crippen molar-refractivity contribution in [1.82, 2.24) is 0 Å². The van der Waals surface area contributed by atoms with Crippen molar-refractivity contribution in [3.8, 4) is 5.75 Å². The van der Waals surface area contributed by atoms with Crippen molar-refractivity contribution in [2.45, 2.75) is 33.6 Å². The topological polar surface area (TPSA) is 63.7 Å². The minimum absolute atomic E-state index is 0.0238. The molecule has 1 saturated carbocycles. The van der Waals surface area contributed by atoms with Crippen LogP contribution < -0.4 is 9.64 Å². The lowest BCUT2D eigenvalue weighted by Crippen LogP contribution is -2.41. The number of imide groups is 1. The Morgan fingerprint density at radius 2 is 1.11 bits per heavy atom. The van der Waals surface area contributed by atoms with Gasteiger partial charge in [0.1, 0.15) is 5.75 Å². The monoisotopic (exact) mass is 505 g/mol. The molecule has 0 aromatic heterocycles. The van der Waals surface area contributed by atoms with Gasteiger partial charge < -0.3 is 4.74 Å². The lowest BCUT2D eigenvalue weighted by atomic mass is 9.60. The fourth-order valence-corrected chi connectivity index (χ4v) is 7.57. The van der Waals surface area contributed by atoms with E-state index in [1.54, 1.807) is 24.3 Å². The van der Waals surface area contributed by atoms with Gasteiger partial charge in [-0.15, -0.1) is 0 Å². The third-order valence-corrected chi connectivity index (χ3v) is 8.97. The van der Waals surface area contributed by atoms with Crippen LogP contribution in [0.25, 0.3) is 11.1 Å². The summed E-state index contributed by atoms with van der Waals surface area (Å²) < 4.78 is 5.56. The second-order valence-electron chi connectivity index (χ2n) is 10.4. The van der Waals surface area contributed by atoms with Gasteiger partial charge in [0.25, 0.3) is 0 Å². The molecule has 3 aromatic carbocycles. The highest BCUT2D eigenvalue weighted by Gasteiger charge is 2.80. The first kappa shape index (κ1) is 24.4. The Morgan fingerprint density at radius 3 is 1.50 bits per heavy atom. The Hall–Kier alpha value is -3.99. The molecule has 2 bridgehead atoms. The van der Waals surface area contributed by atoms with E-state index in [9.17, 15) is 14.4 Å². The molecule has 2 aliphatic carbocycles. The first-order valence-corrected chi connectivity index (χ1v) is 13.5. The van der Waals surface area contributed by atoms with Crippen molar-refractivity contribution in [1.29, 1.82) is 0 Å². The van der Waals surface area contributed by atoms with E-state index < -0.39 is 22.7 Å². The summed E-state index contributed by atoms with van der Waals surface area (Å²) in [7, 11) is 0. The van der Waals surface area contributed by atoms with Gasteiger partial charge in [0, 0.05) is 0 Å². The van der Waals surface area contributed by atoms with Crippen molar-refractivity contribution in [2.24, 2.45) is 22.7 Å². The Labute approximate surface area is 223 Å². The van der Waals surface area contributed by atoms with Gasteiger partial charge in [0.05, 0.1) is 35.0 Å². The number of amides is 2. The van der Waals surface area contributed by atoms with E-state index in [1.807, 2.05) is 81.4 Å². The predicted octanol–water partition coefficient (Wildman–Crippen LogP) is 6.19. The lowest BCUT2D eigenvalue weighted by Gasteiger charge is -2.38. The number of carbonyl (C=O) groups is 3. The van der Waals surface area contributed by atoms with Crippen molar-refractivity contribution >= 4 is 34.4 Å². The first-order chi connectivity index (χ1) is 18.5. The fraction of sp³-hybridized carbons (Fsp3) is 0.303. The maximum absolute atomic E-state index is 14.7. The third-order valence-electron chi connectivity index (χ3n) is 8.97. The number of ether oxygens (including phenoxy) is 1. The molecule has 5 heteroatoms. The Balaban J connectivity index is 1.60. The molecule has 0 N–H and O–H groups in total. The number of hydrogen-bond donors (Lipinski definition) is 0. The average molecular weight is 506 g/mol. The van der Waals surface area contributed by atoms with Crippen LogP contribution in [-0.4, -0.2) is 24.2 Å². The Kier molecular flexibility index (Phi) is 5.64. The summed E-state index contributed by atoms with van der Waals surface area (Å²) in [4.78, 5) is 44.6. The van der Waals surface area contributed by atoms with Crippen LogP contribution in [0.1, 0.15) is 44.7 Å². The average Bonchev–Trinajstić information content (AvgIpc) is 3.46. The van der Waals surface area contributed by atoms with E-state index in [1.165, 1.54) is 4.90 Å². The maximum atomic E-state index is 14.7. The summed E-state index contributed by atoms with van der Waals surface area (Å²) in [6, 6.07) is 26.9. The largest absolute Gasteiger partial charge is 0.494 e. The maximum Gasteiger partial charge on any atom is 0.239 e. The third kappa shape index (κ3) is 2.90. The molecule has 3 aliphatic rings. The molecule has 1 aliphatic heterocycles. The minimum atomic E-state index is -1.07. The van der Waals surface area contributed by atoms with E-state index in [-0.39, 0.29) is 17.6 Å². The highest BCUT2D eigenvalue weighted by Crippen LogP contribution is 2.75. The summed E-state index contributed by atoms with van der Waals surface area (Å²) in [6.07, 6.45) is 0.900. The number of ketones is 1. The van der Waals surface area contributed by atoms with Crippen LogP contribution in [0.4, 0.5) is 5.69 Å². The minimum Gasteiger partial charge on any atom is -0.494 e. The van der Waals surface area contributed by atoms with Gasteiger partial charge in [0.2, 0.25) is 11.8 Å². The molecule has 2 fully saturated rings. The Bertz CT molecular complexity index is 1370. The van der Waals surface area contributed by atoms with Crippen LogP contribution in [0, 0.1) is 22.7 Å². The molecule has 6 rings (SSSR count). The summed E-state index contributed by atoms with van der Waals surface area (Å²) in [5.74, 6) is -1.33. The lowest BCUT2D eigenvalue weighted by molar-refractivity contribution is -0.134.